The number of ether oxygens (including phenoxy) is 1. The molecular weight excluding hydrogens is 286 g/mol. The first-order valence-electron chi connectivity index (χ1n) is 7.96. The van der Waals surface area contributed by atoms with E-state index in [4.69, 9.17) is 4.74 Å². The molecule has 118 valence electrons. The normalized spacial score (nSPS) is 14.7. The third kappa shape index (κ3) is 3.81. The van der Waals surface area contributed by atoms with E-state index in [1.807, 2.05) is 42.5 Å². The van der Waals surface area contributed by atoms with Crippen LogP contribution in [-0.4, -0.2) is 12.9 Å². The summed E-state index contributed by atoms with van der Waals surface area (Å²) in [5.74, 6) is 1.09. The predicted molar refractivity (Wildman–Crippen MR) is 92.6 cm³/mol. The summed E-state index contributed by atoms with van der Waals surface area (Å²) in [5, 5.41) is 3.44. The Bertz CT molecular complexity index is 702. The van der Waals surface area contributed by atoms with Crippen LogP contribution in [-0.2, 0) is 11.2 Å². The number of nitrogens with one attached hydrogen (secondary N) is 1. The highest BCUT2D eigenvalue weighted by molar-refractivity contribution is 5.97. The first-order chi connectivity index (χ1) is 11.3. The van der Waals surface area contributed by atoms with E-state index in [0.717, 1.165) is 35.5 Å². The molecule has 0 unspecified atom stereocenters. The molecule has 0 atom stereocenters. The molecule has 0 heterocycles. The fourth-order valence-electron chi connectivity index (χ4n) is 2.89. The van der Waals surface area contributed by atoms with Gasteiger partial charge >= 0.3 is 0 Å². The van der Waals surface area contributed by atoms with Crippen LogP contribution in [0.1, 0.15) is 24.8 Å². The third-order valence-electron chi connectivity index (χ3n) is 4.14. The van der Waals surface area contributed by atoms with Crippen LogP contribution in [0.2, 0.25) is 0 Å². The average molecular weight is 307 g/mol. The molecule has 0 spiro atoms. The van der Waals surface area contributed by atoms with Gasteiger partial charge in [0.15, 0.2) is 5.78 Å². The third-order valence-corrected chi connectivity index (χ3v) is 4.14. The van der Waals surface area contributed by atoms with Crippen LogP contribution in [0.25, 0.3) is 0 Å². The molecule has 0 radical (unpaired) electrons. The Morgan fingerprint density at radius 3 is 2.43 bits per heavy atom. The smallest absolute Gasteiger partial charge is 0.160 e. The van der Waals surface area contributed by atoms with E-state index in [-0.39, 0.29) is 5.78 Å². The van der Waals surface area contributed by atoms with Gasteiger partial charge in [-0.2, -0.15) is 0 Å². The summed E-state index contributed by atoms with van der Waals surface area (Å²) in [6.45, 7) is 0. The van der Waals surface area contributed by atoms with E-state index in [9.17, 15) is 4.79 Å². The highest BCUT2D eigenvalue weighted by atomic mass is 16.5. The minimum Gasteiger partial charge on any atom is -0.497 e. The second-order valence-electron chi connectivity index (χ2n) is 5.75. The molecule has 0 bridgehead atoms. The molecule has 0 saturated heterocycles. The Morgan fingerprint density at radius 2 is 1.74 bits per heavy atom. The number of rotatable bonds is 5. The molecule has 2 aromatic carbocycles. The number of ketones is 1. The Labute approximate surface area is 137 Å². The van der Waals surface area contributed by atoms with Gasteiger partial charge in [0.05, 0.1) is 7.11 Å². The Kier molecular flexibility index (Phi) is 4.77. The number of hydrogen-bond donors (Lipinski definition) is 1. The van der Waals surface area contributed by atoms with Crippen molar-refractivity contribution in [3.8, 4) is 5.75 Å². The van der Waals surface area contributed by atoms with Crippen LogP contribution in [0.5, 0.6) is 5.75 Å². The lowest BCUT2D eigenvalue weighted by Gasteiger charge is -2.21. The fourth-order valence-corrected chi connectivity index (χ4v) is 2.89. The predicted octanol–water partition coefficient (Wildman–Crippen LogP) is 4.36. The molecule has 1 N–H and O–H groups in total. The molecule has 23 heavy (non-hydrogen) atoms. The van der Waals surface area contributed by atoms with Gasteiger partial charge in [0.25, 0.3) is 0 Å². The van der Waals surface area contributed by atoms with Gasteiger partial charge in [0, 0.05) is 29.8 Å². The van der Waals surface area contributed by atoms with Crippen molar-refractivity contribution < 1.29 is 9.53 Å². The second kappa shape index (κ2) is 7.14. The molecule has 3 nitrogen and oxygen atoms in total. The summed E-state index contributed by atoms with van der Waals surface area (Å²) < 4.78 is 5.18. The molecule has 3 heteroatoms. The number of methoxy groups -OCH3 is 1. The van der Waals surface area contributed by atoms with Crippen LogP contribution in [0.15, 0.2) is 65.9 Å². The van der Waals surface area contributed by atoms with E-state index >= 15 is 0 Å². The van der Waals surface area contributed by atoms with E-state index in [0.29, 0.717) is 12.8 Å². The zero-order valence-corrected chi connectivity index (χ0v) is 13.3. The second-order valence-corrected chi connectivity index (χ2v) is 5.75. The van der Waals surface area contributed by atoms with Crippen molar-refractivity contribution >= 4 is 11.5 Å². The van der Waals surface area contributed by atoms with E-state index < -0.39 is 0 Å². The topological polar surface area (TPSA) is 38.3 Å². The summed E-state index contributed by atoms with van der Waals surface area (Å²) >= 11 is 0. The van der Waals surface area contributed by atoms with Crippen molar-refractivity contribution in [1.82, 2.24) is 0 Å². The van der Waals surface area contributed by atoms with Crippen molar-refractivity contribution in [3.63, 3.8) is 0 Å². The Morgan fingerprint density at radius 1 is 1.00 bits per heavy atom. The van der Waals surface area contributed by atoms with Gasteiger partial charge in [0.2, 0.25) is 0 Å². The number of allylic oxidation sites excluding steroid dienone is 2. The van der Waals surface area contributed by atoms with Gasteiger partial charge in [-0.1, -0.05) is 30.3 Å². The maximum absolute atomic E-state index is 12.4. The molecule has 0 aliphatic heterocycles. The van der Waals surface area contributed by atoms with Crippen molar-refractivity contribution in [2.24, 2.45) is 0 Å². The minimum atomic E-state index is 0.260. The van der Waals surface area contributed by atoms with Crippen molar-refractivity contribution in [2.75, 3.05) is 12.4 Å². The lowest BCUT2D eigenvalue weighted by molar-refractivity contribution is -0.116. The number of Topliss-reactive ketones (excluding diaryl/α,β-unsaturated/α-hetero) is 1. The molecular formula is C20H21NO2. The summed E-state index contributed by atoms with van der Waals surface area (Å²) in [6, 6.07) is 18.0. The van der Waals surface area contributed by atoms with Crippen molar-refractivity contribution in [1.29, 1.82) is 0 Å². The molecule has 0 saturated carbocycles. The lowest BCUT2D eigenvalue weighted by atomic mass is 9.90. The van der Waals surface area contributed by atoms with E-state index in [2.05, 4.69) is 17.4 Å². The Hall–Kier alpha value is -2.55. The Balaban J connectivity index is 1.85. The minimum absolute atomic E-state index is 0.260. The van der Waals surface area contributed by atoms with Crippen LogP contribution < -0.4 is 10.1 Å². The molecule has 3 rings (SSSR count). The first kappa shape index (κ1) is 15.3. The maximum atomic E-state index is 12.4. The maximum Gasteiger partial charge on any atom is 0.160 e. The number of carbonyl (C=O) groups is 1. The highest BCUT2D eigenvalue weighted by Gasteiger charge is 2.20. The number of benzene rings is 2. The molecule has 0 aromatic heterocycles. The van der Waals surface area contributed by atoms with Crippen LogP contribution >= 0.6 is 0 Å². The largest absolute Gasteiger partial charge is 0.497 e. The van der Waals surface area contributed by atoms with Gasteiger partial charge in [-0.25, -0.2) is 0 Å². The van der Waals surface area contributed by atoms with Crippen LogP contribution in [0, 0.1) is 0 Å². The summed E-state index contributed by atoms with van der Waals surface area (Å²) in [4.78, 5) is 12.4. The van der Waals surface area contributed by atoms with E-state index in [1.54, 1.807) is 7.11 Å². The summed E-state index contributed by atoms with van der Waals surface area (Å²) in [7, 11) is 1.66. The van der Waals surface area contributed by atoms with Crippen LogP contribution in [0.4, 0.5) is 5.69 Å². The van der Waals surface area contributed by atoms with E-state index in [1.165, 1.54) is 5.56 Å². The zero-order chi connectivity index (χ0) is 16.1. The first-order valence-corrected chi connectivity index (χ1v) is 7.96. The molecule has 0 fully saturated rings. The number of carbonyl (C=O) groups excluding carboxylic acids is 1. The standard InChI is InChI=1S/C20H21NO2/c1-23-17-12-10-16(11-13-17)21-19-8-5-9-20(22)18(19)14-15-6-3-2-4-7-15/h2-4,6-7,10-13,21H,5,8-9,14H2,1H3. The SMILES string of the molecule is COc1ccc(NC2=C(Cc3ccccc3)C(=O)CCC2)cc1. The average Bonchev–Trinajstić information content (AvgIpc) is 2.59. The monoisotopic (exact) mass is 307 g/mol. The lowest BCUT2D eigenvalue weighted by Crippen LogP contribution is -2.18. The molecule has 0 amide bonds. The van der Waals surface area contributed by atoms with Gasteiger partial charge in [-0.15, -0.1) is 0 Å². The van der Waals surface area contributed by atoms with Gasteiger partial charge in [-0.3, -0.25) is 4.79 Å². The number of hydrogen-bond acceptors (Lipinski definition) is 3. The van der Waals surface area contributed by atoms with Crippen molar-refractivity contribution in [2.45, 2.75) is 25.7 Å². The van der Waals surface area contributed by atoms with Gasteiger partial charge in [0.1, 0.15) is 5.75 Å². The van der Waals surface area contributed by atoms with Crippen LogP contribution in [0.3, 0.4) is 0 Å². The molecule has 1 aliphatic carbocycles. The quantitative estimate of drug-likeness (QED) is 0.892. The number of anilines is 1. The van der Waals surface area contributed by atoms with Gasteiger partial charge < -0.3 is 10.1 Å². The summed E-state index contributed by atoms with van der Waals surface area (Å²) in [6.07, 6.45) is 3.17. The molecule has 2 aromatic rings. The highest BCUT2D eigenvalue weighted by Crippen LogP contribution is 2.27. The zero-order valence-electron chi connectivity index (χ0n) is 13.3. The van der Waals surface area contributed by atoms with Gasteiger partial charge in [-0.05, 0) is 42.7 Å². The summed E-state index contributed by atoms with van der Waals surface area (Å²) in [5.41, 5.74) is 4.13. The fraction of sp³-hybridized carbons (Fsp3) is 0.250. The molecule has 1 aliphatic rings. The van der Waals surface area contributed by atoms with Crippen molar-refractivity contribution in [3.05, 3.63) is 71.4 Å².